The molecular formula is C18H29F3IN3O2. The topological polar surface area (TPSA) is 54.9 Å². The molecular weight excluding hydrogens is 474 g/mol. The Bertz CT molecular complexity index is 526. The first-order valence-corrected chi connectivity index (χ1v) is 8.69. The highest BCUT2D eigenvalue weighted by molar-refractivity contribution is 14.0. The van der Waals surface area contributed by atoms with E-state index in [1.54, 1.807) is 19.2 Å². The summed E-state index contributed by atoms with van der Waals surface area (Å²) in [5, 5.41) is 6.42. The number of hydrogen-bond donors (Lipinski definition) is 2. The van der Waals surface area contributed by atoms with Gasteiger partial charge in [-0.25, -0.2) is 0 Å². The number of ether oxygens (including phenoxy) is 2. The van der Waals surface area contributed by atoms with E-state index in [9.17, 15) is 13.2 Å². The van der Waals surface area contributed by atoms with Crippen molar-refractivity contribution in [3.8, 4) is 0 Å². The molecule has 0 spiro atoms. The molecule has 2 N–H and O–H groups in total. The van der Waals surface area contributed by atoms with Crippen LogP contribution in [0.5, 0.6) is 0 Å². The van der Waals surface area contributed by atoms with Crippen molar-refractivity contribution in [2.24, 2.45) is 4.99 Å². The van der Waals surface area contributed by atoms with E-state index in [4.69, 9.17) is 4.74 Å². The Kier molecular flexibility index (Phi) is 14.3. The number of nitrogens with one attached hydrogen (secondary N) is 2. The fraction of sp³-hybridized carbons (Fsp3) is 0.611. The van der Waals surface area contributed by atoms with E-state index in [-0.39, 0.29) is 30.6 Å². The molecule has 0 aromatic heterocycles. The third-order valence-electron chi connectivity index (χ3n) is 3.45. The van der Waals surface area contributed by atoms with E-state index in [1.165, 1.54) is 0 Å². The standard InChI is InChI=1S/C18H28F3N3O2.HI/c1-3-25-11-5-4-10-23-17(22-2)24-12-15-6-8-16(9-7-15)13-26-14-18(19,20)21;/h6-9H,3-5,10-14H2,1-2H3,(H2,22,23,24);1H. The lowest BCUT2D eigenvalue weighted by molar-refractivity contribution is -0.176. The second-order valence-electron chi connectivity index (χ2n) is 5.68. The third kappa shape index (κ3) is 13.7. The molecule has 9 heteroatoms. The van der Waals surface area contributed by atoms with E-state index in [2.05, 4.69) is 20.4 Å². The molecule has 0 bridgehead atoms. The molecule has 0 aliphatic carbocycles. The molecule has 0 radical (unpaired) electrons. The number of halogens is 4. The summed E-state index contributed by atoms with van der Waals surface area (Å²) in [6.07, 6.45) is -2.31. The Morgan fingerprint density at radius 2 is 1.70 bits per heavy atom. The molecule has 1 aromatic carbocycles. The van der Waals surface area contributed by atoms with Crippen molar-refractivity contribution in [2.45, 2.75) is 39.1 Å². The zero-order valence-corrected chi connectivity index (χ0v) is 18.1. The Balaban J connectivity index is 0.00000676. The molecule has 156 valence electrons. The number of benzene rings is 1. The summed E-state index contributed by atoms with van der Waals surface area (Å²) in [6.45, 7) is 3.57. The molecule has 0 atom stereocenters. The summed E-state index contributed by atoms with van der Waals surface area (Å²) in [4.78, 5) is 4.15. The van der Waals surface area contributed by atoms with Gasteiger partial charge >= 0.3 is 6.18 Å². The van der Waals surface area contributed by atoms with Gasteiger partial charge < -0.3 is 20.1 Å². The summed E-state index contributed by atoms with van der Waals surface area (Å²) >= 11 is 0. The summed E-state index contributed by atoms with van der Waals surface area (Å²) in [5.41, 5.74) is 1.71. The van der Waals surface area contributed by atoms with Crippen molar-refractivity contribution in [3.05, 3.63) is 35.4 Å². The van der Waals surface area contributed by atoms with Crippen molar-refractivity contribution in [1.29, 1.82) is 0 Å². The normalized spacial score (nSPS) is 11.8. The van der Waals surface area contributed by atoms with Crippen LogP contribution in [0, 0.1) is 0 Å². The lowest BCUT2D eigenvalue weighted by atomic mass is 10.1. The van der Waals surface area contributed by atoms with Gasteiger partial charge in [-0.05, 0) is 30.9 Å². The first-order valence-electron chi connectivity index (χ1n) is 8.69. The number of hydrogen-bond acceptors (Lipinski definition) is 3. The lowest BCUT2D eigenvalue weighted by Gasteiger charge is -2.12. The molecule has 0 fully saturated rings. The van der Waals surface area contributed by atoms with Gasteiger partial charge in [0.2, 0.25) is 0 Å². The van der Waals surface area contributed by atoms with E-state index < -0.39 is 12.8 Å². The third-order valence-corrected chi connectivity index (χ3v) is 3.45. The van der Waals surface area contributed by atoms with E-state index in [0.29, 0.717) is 18.1 Å². The van der Waals surface area contributed by atoms with Gasteiger partial charge in [-0.3, -0.25) is 4.99 Å². The minimum absolute atomic E-state index is 0. The lowest BCUT2D eigenvalue weighted by Crippen LogP contribution is -2.37. The first-order chi connectivity index (χ1) is 12.4. The van der Waals surface area contributed by atoms with Crippen molar-refractivity contribution >= 4 is 29.9 Å². The quantitative estimate of drug-likeness (QED) is 0.209. The summed E-state index contributed by atoms with van der Waals surface area (Å²) < 4.78 is 46.0. The molecule has 0 aliphatic rings. The summed E-state index contributed by atoms with van der Waals surface area (Å²) in [6, 6.07) is 7.23. The monoisotopic (exact) mass is 503 g/mol. The van der Waals surface area contributed by atoms with Gasteiger partial charge in [0.25, 0.3) is 0 Å². The van der Waals surface area contributed by atoms with Gasteiger partial charge in [0.1, 0.15) is 6.61 Å². The van der Waals surface area contributed by atoms with Gasteiger partial charge in [-0.2, -0.15) is 13.2 Å². The minimum atomic E-state index is -4.30. The Morgan fingerprint density at radius 1 is 1.04 bits per heavy atom. The Hall–Kier alpha value is -1.07. The molecule has 0 saturated heterocycles. The van der Waals surface area contributed by atoms with Crippen LogP contribution in [0.15, 0.2) is 29.3 Å². The second-order valence-corrected chi connectivity index (χ2v) is 5.68. The van der Waals surface area contributed by atoms with Crippen LogP contribution in [-0.2, 0) is 22.6 Å². The molecule has 27 heavy (non-hydrogen) atoms. The number of aliphatic imine (C=N–C) groups is 1. The molecule has 1 aromatic rings. The number of rotatable bonds is 11. The van der Waals surface area contributed by atoms with Crippen LogP contribution >= 0.6 is 24.0 Å². The van der Waals surface area contributed by atoms with Gasteiger partial charge in [0.15, 0.2) is 5.96 Å². The van der Waals surface area contributed by atoms with Crippen molar-refractivity contribution in [1.82, 2.24) is 10.6 Å². The molecule has 0 saturated carbocycles. The molecule has 5 nitrogen and oxygen atoms in total. The number of guanidine groups is 1. The van der Waals surface area contributed by atoms with Crippen LogP contribution in [0.2, 0.25) is 0 Å². The Labute approximate surface area is 176 Å². The van der Waals surface area contributed by atoms with Crippen molar-refractivity contribution < 1.29 is 22.6 Å². The average molecular weight is 503 g/mol. The average Bonchev–Trinajstić information content (AvgIpc) is 2.60. The summed E-state index contributed by atoms with van der Waals surface area (Å²) in [7, 11) is 1.70. The highest BCUT2D eigenvalue weighted by atomic mass is 127. The maximum Gasteiger partial charge on any atom is 0.411 e. The molecule has 1 rings (SSSR count). The Morgan fingerprint density at radius 3 is 2.30 bits per heavy atom. The highest BCUT2D eigenvalue weighted by Gasteiger charge is 2.27. The van der Waals surface area contributed by atoms with Crippen LogP contribution < -0.4 is 10.6 Å². The predicted molar refractivity (Wildman–Crippen MR) is 111 cm³/mol. The smallest absolute Gasteiger partial charge is 0.382 e. The highest BCUT2D eigenvalue weighted by Crippen LogP contribution is 2.15. The maximum atomic E-state index is 12.0. The van der Waals surface area contributed by atoms with E-state index in [1.807, 2.05) is 19.1 Å². The van der Waals surface area contributed by atoms with Crippen LogP contribution in [0.3, 0.4) is 0 Å². The van der Waals surface area contributed by atoms with Crippen LogP contribution in [0.25, 0.3) is 0 Å². The predicted octanol–water partition coefficient (Wildman–Crippen LogP) is 3.87. The van der Waals surface area contributed by atoms with Gasteiger partial charge in [-0.15, -0.1) is 24.0 Å². The largest absolute Gasteiger partial charge is 0.411 e. The van der Waals surface area contributed by atoms with E-state index >= 15 is 0 Å². The molecule has 0 unspecified atom stereocenters. The van der Waals surface area contributed by atoms with Crippen LogP contribution in [0.1, 0.15) is 30.9 Å². The SMILES string of the molecule is CCOCCCCNC(=NC)NCc1ccc(COCC(F)(F)F)cc1.I. The van der Waals surface area contributed by atoms with Crippen LogP contribution in [0.4, 0.5) is 13.2 Å². The van der Waals surface area contributed by atoms with E-state index in [0.717, 1.165) is 38.2 Å². The molecule has 0 heterocycles. The van der Waals surface area contributed by atoms with Crippen molar-refractivity contribution in [2.75, 3.05) is 33.4 Å². The van der Waals surface area contributed by atoms with Gasteiger partial charge in [-0.1, -0.05) is 24.3 Å². The zero-order valence-electron chi connectivity index (χ0n) is 15.8. The minimum Gasteiger partial charge on any atom is -0.382 e. The second kappa shape index (κ2) is 14.9. The number of alkyl halides is 3. The molecule has 0 amide bonds. The fourth-order valence-corrected chi connectivity index (χ4v) is 2.12. The first kappa shape index (κ1) is 25.9. The van der Waals surface area contributed by atoms with Crippen LogP contribution in [-0.4, -0.2) is 45.5 Å². The van der Waals surface area contributed by atoms with Gasteiger partial charge in [0.05, 0.1) is 6.61 Å². The summed E-state index contributed by atoms with van der Waals surface area (Å²) in [5.74, 6) is 0.707. The number of nitrogens with zero attached hydrogens (tertiary/aromatic N) is 1. The van der Waals surface area contributed by atoms with Crippen molar-refractivity contribution in [3.63, 3.8) is 0 Å². The number of unbranched alkanes of at least 4 members (excludes halogenated alkanes) is 1. The maximum absolute atomic E-state index is 12.0. The fourth-order valence-electron chi connectivity index (χ4n) is 2.12. The molecule has 0 aliphatic heterocycles. The zero-order chi connectivity index (χ0) is 19.3. The van der Waals surface area contributed by atoms with Gasteiger partial charge in [0, 0.05) is 33.4 Å².